The third kappa shape index (κ3) is 4.36. The molecule has 0 radical (unpaired) electrons. The second-order valence-electron chi connectivity index (χ2n) is 5.73. The fourth-order valence-corrected chi connectivity index (χ4v) is 2.09. The first-order chi connectivity index (χ1) is 9.05. The largest absolute Gasteiger partial charge is 0.368 e. The molecule has 2 aromatic rings. The lowest BCUT2D eigenvalue weighted by Gasteiger charge is -2.25. The van der Waals surface area contributed by atoms with Crippen molar-refractivity contribution in [3.05, 3.63) is 54.0 Å². The molecule has 0 fully saturated rings. The first-order valence-electron chi connectivity index (χ1n) is 6.62. The Bertz CT molecular complexity index is 521. The molecule has 0 amide bonds. The third-order valence-electron chi connectivity index (χ3n) is 3.03. The zero-order valence-corrected chi connectivity index (χ0v) is 11.9. The van der Waals surface area contributed by atoms with E-state index >= 15 is 0 Å². The molecule has 1 heterocycles. The van der Waals surface area contributed by atoms with Crippen LogP contribution in [-0.2, 0) is 6.42 Å². The van der Waals surface area contributed by atoms with Crippen molar-refractivity contribution in [3.8, 4) is 0 Å². The summed E-state index contributed by atoms with van der Waals surface area (Å²) >= 11 is 0. The van der Waals surface area contributed by atoms with Crippen LogP contribution in [-0.4, -0.2) is 16.5 Å². The fourth-order valence-electron chi connectivity index (χ4n) is 2.09. The van der Waals surface area contributed by atoms with Gasteiger partial charge in [0.2, 0.25) is 0 Å². The molecule has 100 valence electrons. The number of hydrogen-bond acceptors (Lipinski definition) is 3. The van der Waals surface area contributed by atoms with Crippen LogP contribution in [0.1, 0.15) is 25.1 Å². The summed E-state index contributed by atoms with van der Waals surface area (Å²) in [6.45, 7) is 7.35. The average molecular weight is 255 g/mol. The first-order valence-corrected chi connectivity index (χ1v) is 6.62. The van der Waals surface area contributed by atoms with E-state index in [1.807, 2.05) is 6.92 Å². The Morgan fingerprint density at radius 3 is 2.53 bits per heavy atom. The molecule has 0 saturated carbocycles. The van der Waals surface area contributed by atoms with Gasteiger partial charge in [0.1, 0.15) is 5.82 Å². The van der Waals surface area contributed by atoms with Gasteiger partial charge in [0, 0.05) is 12.7 Å². The van der Waals surface area contributed by atoms with Gasteiger partial charge in [0.05, 0.1) is 11.9 Å². The minimum Gasteiger partial charge on any atom is -0.368 e. The van der Waals surface area contributed by atoms with Gasteiger partial charge in [-0.25, -0.2) is 4.98 Å². The van der Waals surface area contributed by atoms with Crippen LogP contribution in [0, 0.1) is 12.3 Å². The highest BCUT2D eigenvalue weighted by Crippen LogP contribution is 2.22. The van der Waals surface area contributed by atoms with Gasteiger partial charge in [-0.2, -0.15) is 0 Å². The van der Waals surface area contributed by atoms with Crippen LogP contribution in [0.3, 0.4) is 0 Å². The maximum Gasteiger partial charge on any atom is 0.144 e. The molecule has 1 aromatic heterocycles. The highest BCUT2D eigenvalue weighted by atomic mass is 15.0. The smallest absolute Gasteiger partial charge is 0.144 e. The van der Waals surface area contributed by atoms with E-state index in [1.54, 1.807) is 12.4 Å². The summed E-state index contributed by atoms with van der Waals surface area (Å²) in [5, 5.41) is 3.37. The zero-order valence-electron chi connectivity index (χ0n) is 11.9. The topological polar surface area (TPSA) is 37.8 Å². The third-order valence-corrected chi connectivity index (χ3v) is 3.03. The van der Waals surface area contributed by atoms with Gasteiger partial charge < -0.3 is 5.32 Å². The molecule has 0 saturated heterocycles. The molecule has 0 aliphatic rings. The van der Waals surface area contributed by atoms with Crippen LogP contribution in [0.2, 0.25) is 0 Å². The number of hydrogen-bond donors (Lipinski definition) is 1. The zero-order chi connectivity index (χ0) is 13.7. The SMILES string of the molecule is Cc1cncc(NCC(C)(C)Cc2ccccc2)n1. The summed E-state index contributed by atoms with van der Waals surface area (Å²) in [4.78, 5) is 8.55. The van der Waals surface area contributed by atoms with Crippen molar-refractivity contribution >= 4 is 5.82 Å². The van der Waals surface area contributed by atoms with Crippen LogP contribution in [0.4, 0.5) is 5.82 Å². The van der Waals surface area contributed by atoms with Crippen molar-refractivity contribution in [2.75, 3.05) is 11.9 Å². The second-order valence-corrected chi connectivity index (χ2v) is 5.73. The number of nitrogens with zero attached hydrogens (tertiary/aromatic N) is 2. The van der Waals surface area contributed by atoms with Crippen molar-refractivity contribution in [2.24, 2.45) is 5.41 Å². The molecule has 0 bridgehead atoms. The Labute approximate surface area is 115 Å². The molecule has 3 nitrogen and oxygen atoms in total. The van der Waals surface area contributed by atoms with Crippen LogP contribution in [0.15, 0.2) is 42.7 Å². The number of anilines is 1. The van der Waals surface area contributed by atoms with Crippen molar-refractivity contribution in [3.63, 3.8) is 0 Å². The van der Waals surface area contributed by atoms with E-state index in [9.17, 15) is 0 Å². The fraction of sp³-hybridized carbons (Fsp3) is 0.375. The van der Waals surface area contributed by atoms with Gasteiger partial charge in [0.15, 0.2) is 0 Å². The minimum absolute atomic E-state index is 0.173. The van der Waals surface area contributed by atoms with E-state index in [0.717, 1.165) is 24.5 Å². The van der Waals surface area contributed by atoms with Crippen molar-refractivity contribution in [2.45, 2.75) is 27.2 Å². The molecule has 0 atom stereocenters. The Balaban J connectivity index is 1.94. The monoisotopic (exact) mass is 255 g/mol. The Morgan fingerprint density at radius 1 is 1.11 bits per heavy atom. The molecule has 0 spiro atoms. The predicted molar refractivity (Wildman–Crippen MR) is 79.2 cm³/mol. The lowest BCUT2D eigenvalue weighted by atomic mass is 9.86. The summed E-state index contributed by atoms with van der Waals surface area (Å²) in [5.74, 6) is 0.848. The van der Waals surface area contributed by atoms with Crippen LogP contribution in [0.25, 0.3) is 0 Å². The summed E-state index contributed by atoms with van der Waals surface area (Å²) in [5.41, 5.74) is 2.47. The summed E-state index contributed by atoms with van der Waals surface area (Å²) in [6, 6.07) is 10.6. The van der Waals surface area contributed by atoms with E-state index in [4.69, 9.17) is 0 Å². The molecule has 3 heteroatoms. The van der Waals surface area contributed by atoms with Crippen LogP contribution >= 0.6 is 0 Å². The molecule has 0 aliphatic carbocycles. The number of rotatable bonds is 5. The number of aromatic nitrogens is 2. The van der Waals surface area contributed by atoms with Crippen LogP contribution < -0.4 is 5.32 Å². The van der Waals surface area contributed by atoms with Crippen molar-refractivity contribution in [1.82, 2.24) is 9.97 Å². The molecular weight excluding hydrogens is 234 g/mol. The molecule has 0 unspecified atom stereocenters. The summed E-state index contributed by atoms with van der Waals surface area (Å²) in [6.07, 6.45) is 4.58. The standard InChI is InChI=1S/C16H21N3/c1-13-10-17-11-15(19-13)18-12-16(2,3)9-14-7-5-4-6-8-14/h4-8,10-11H,9,12H2,1-3H3,(H,18,19). The quantitative estimate of drug-likeness (QED) is 0.889. The van der Waals surface area contributed by atoms with Gasteiger partial charge in [-0.15, -0.1) is 0 Å². The van der Waals surface area contributed by atoms with E-state index in [0.29, 0.717) is 0 Å². The highest BCUT2D eigenvalue weighted by Gasteiger charge is 2.18. The number of aryl methyl sites for hydroxylation is 1. The Kier molecular flexibility index (Phi) is 4.15. The maximum absolute atomic E-state index is 4.41. The normalized spacial score (nSPS) is 11.3. The molecule has 19 heavy (non-hydrogen) atoms. The van der Waals surface area contributed by atoms with E-state index in [2.05, 4.69) is 59.5 Å². The van der Waals surface area contributed by atoms with E-state index in [1.165, 1.54) is 5.56 Å². The van der Waals surface area contributed by atoms with E-state index in [-0.39, 0.29) is 5.41 Å². The first kappa shape index (κ1) is 13.5. The average Bonchev–Trinajstić information content (AvgIpc) is 2.37. The van der Waals surface area contributed by atoms with Gasteiger partial charge in [0.25, 0.3) is 0 Å². The molecule has 2 rings (SSSR count). The summed E-state index contributed by atoms with van der Waals surface area (Å²) < 4.78 is 0. The van der Waals surface area contributed by atoms with Gasteiger partial charge in [-0.3, -0.25) is 4.98 Å². The Hall–Kier alpha value is -1.90. The highest BCUT2D eigenvalue weighted by molar-refractivity contribution is 5.32. The lowest BCUT2D eigenvalue weighted by molar-refractivity contribution is 0.389. The van der Waals surface area contributed by atoms with Crippen molar-refractivity contribution < 1.29 is 0 Å². The Morgan fingerprint density at radius 2 is 1.84 bits per heavy atom. The lowest BCUT2D eigenvalue weighted by Crippen LogP contribution is -2.26. The van der Waals surface area contributed by atoms with E-state index < -0.39 is 0 Å². The van der Waals surface area contributed by atoms with Gasteiger partial charge in [-0.1, -0.05) is 44.2 Å². The molecule has 1 N–H and O–H groups in total. The molecule has 0 aliphatic heterocycles. The maximum atomic E-state index is 4.41. The second kappa shape index (κ2) is 5.83. The molecular formula is C16H21N3. The predicted octanol–water partition coefficient (Wildman–Crippen LogP) is 3.47. The van der Waals surface area contributed by atoms with Crippen molar-refractivity contribution in [1.29, 1.82) is 0 Å². The van der Waals surface area contributed by atoms with Crippen LogP contribution in [0.5, 0.6) is 0 Å². The number of benzene rings is 1. The molecule has 1 aromatic carbocycles. The summed E-state index contributed by atoms with van der Waals surface area (Å²) in [7, 11) is 0. The van der Waals surface area contributed by atoms with Gasteiger partial charge in [-0.05, 0) is 24.3 Å². The number of nitrogens with one attached hydrogen (secondary N) is 1. The van der Waals surface area contributed by atoms with Gasteiger partial charge >= 0.3 is 0 Å². The minimum atomic E-state index is 0.173.